The van der Waals surface area contributed by atoms with Crippen molar-refractivity contribution >= 4 is 8.32 Å². The lowest BCUT2D eigenvalue weighted by Gasteiger charge is -2.23. The highest BCUT2D eigenvalue weighted by Crippen LogP contribution is 2.23. The monoisotopic (exact) mass is 237 g/mol. The van der Waals surface area contributed by atoms with Crippen molar-refractivity contribution in [2.75, 3.05) is 0 Å². The van der Waals surface area contributed by atoms with Crippen LogP contribution < -0.4 is 0 Å². The number of nitrogens with zero attached hydrogens (tertiary/aromatic N) is 3. The summed E-state index contributed by atoms with van der Waals surface area (Å²) in [6.07, 6.45) is 2.96. The molecule has 0 aliphatic rings. The van der Waals surface area contributed by atoms with Crippen LogP contribution in [-0.4, -0.2) is 17.9 Å². The second kappa shape index (κ2) is 4.81. The highest BCUT2D eigenvalue weighted by Gasteiger charge is 2.25. The van der Waals surface area contributed by atoms with Gasteiger partial charge in [-0.1, -0.05) is 0 Å². The predicted octanol–water partition coefficient (Wildman–Crippen LogP) is 2.88. The van der Waals surface area contributed by atoms with E-state index in [0.717, 1.165) is 5.69 Å². The average molecular weight is 237 g/mol. The number of aromatic nitrogens is 2. The lowest BCUT2D eigenvalue weighted by atomic mass is 10.2. The molecule has 4 nitrogen and oxygen atoms in total. The predicted molar refractivity (Wildman–Crippen MR) is 65.4 cm³/mol. The molecule has 0 fully saturated rings. The molecule has 1 heterocycles. The minimum Gasteiger partial charge on any atom is -0.398 e. The van der Waals surface area contributed by atoms with Crippen LogP contribution >= 0.6 is 0 Å². The molecule has 0 aliphatic heterocycles. The SMILES string of the molecule is CC(C)n1cncc1C(C#N)O[Si](C)(C)C. The zero-order chi connectivity index (χ0) is 12.3. The third-order valence-corrected chi connectivity index (χ3v) is 3.05. The van der Waals surface area contributed by atoms with Gasteiger partial charge in [0, 0.05) is 6.04 Å². The largest absolute Gasteiger partial charge is 0.398 e. The van der Waals surface area contributed by atoms with Gasteiger partial charge >= 0.3 is 0 Å². The molecule has 0 radical (unpaired) electrons. The van der Waals surface area contributed by atoms with Crippen molar-refractivity contribution in [3.8, 4) is 6.07 Å². The first-order valence-electron chi connectivity index (χ1n) is 5.44. The normalized spacial score (nSPS) is 13.8. The van der Waals surface area contributed by atoms with Gasteiger partial charge in [-0.05, 0) is 33.5 Å². The minimum absolute atomic E-state index is 0.290. The zero-order valence-corrected chi connectivity index (χ0v) is 11.6. The lowest BCUT2D eigenvalue weighted by molar-refractivity contribution is 0.242. The maximum atomic E-state index is 9.17. The number of rotatable bonds is 4. The molecule has 16 heavy (non-hydrogen) atoms. The Balaban J connectivity index is 2.97. The molecule has 0 aromatic carbocycles. The van der Waals surface area contributed by atoms with Gasteiger partial charge in [-0.25, -0.2) is 4.98 Å². The second-order valence-corrected chi connectivity index (χ2v) is 9.52. The van der Waals surface area contributed by atoms with Gasteiger partial charge in [0.25, 0.3) is 0 Å². The van der Waals surface area contributed by atoms with Crippen molar-refractivity contribution in [1.82, 2.24) is 9.55 Å². The maximum absolute atomic E-state index is 9.17. The Labute approximate surface area is 98.0 Å². The third kappa shape index (κ3) is 3.19. The van der Waals surface area contributed by atoms with Crippen LogP contribution in [0.2, 0.25) is 19.6 Å². The van der Waals surface area contributed by atoms with Gasteiger partial charge in [-0.2, -0.15) is 5.26 Å². The molecular formula is C11H19N3OSi. The Hall–Kier alpha value is -1.12. The second-order valence-electron chi connectivity index (χ2n) is 5.06. The van der Waals surface area contributed by atoms with Gasteiger partial charge in [0.1, 0.15) is 0 Å². The molecular weight excluding hydrogens is 218 g/mol. The summed E-state index contributed by atoms with van der Waals surface area (Å²) in [7, 11) is -1.72. The number of imidazole rings is 1. The Morgan fingerprint density at radius 1 is 1.44 bits per heavy atom. The van der Waals surface area contributed by atoms with E-state index in [1.165, 1.54) is 0 Å². The first-order chi connectivity index (χ1) is 7.35. The molecule has 0 saturated carbocycles. The van der Waals surface area contributed by atoms with Gasteiger partial charge in [0.05, 0.1) is 24.3 Å². The molecule has 0 saturated heterocycles. The van der Waals surface area contributed by atoms with Crippen molar-refractivity contribution < 1.29 is 4.43 Å². The van der Waals surface area contributed by atoms with Gasteiger partial charge in [-0.3, -0.25) is 0 Å². The van der Waals surface area contributed by atoms with Crippen LogP contribution in [0.4, 0.5) is 0 Å². The molecule has 0 amide bonds. The van der Waals surface area contributed by atoms with Crippen LogP contribution in [0, 0.1) is 11.3 Å². The Kier molecular flexibility index (Phi) is 3.89. The van der Waals surface area contributed by atoms with Crippen molar-refractivity contribution in [1.29, 1.82) is 5.26 Å². The fourth-order valence-electron chi connectivity index (χ4n) is 1.46. The van der Waals surface area contributed by atoms with E-state index in [1.54, 1.807) is 12.5 Å². The lowest BCUT2D eigenvalue weighted by Crippen LogP contribution is -2.28. The Morgan fingerprint density at radius 2 is 2.06 bits per heavy atom. The van der Waals surface area contributed by atoms with Crippen LogP contribution in [0.5, 0.6) is 0 Å². The number of hydrogen-bond acceptors (Lipinski definition) is 3. The standard InChI is InChI=1S/C11H19N3OSi/c1-9(2)14-8-13-7-10(14)11(6-12)15-16(3,4)5/h7-9,11H,1-5H3. The van der Waals surface area contributed by atoms with Gasteiger partial charge in [0.15, 0.2) is 14.4 Å². The zero-order valence-electron chi connectivity index (χ0n) is 10.6. The van der Waals surface area contributed by atoms with Crippen LogP contribution in [-0.2, 0) is 4.43 Å². The third-order valence-electron chi connectivity index (χ3n) is 2.11. The van der Waals surface area contributed by atoms with Crippen LogP contribution in [0.1, 0.15) is 31.7 Å². The first kappa shape index (κ1) is 12.9. The minimum atomic E-state index is -1.72. The molecule has 88 valence electrons. The molecule has 1 rings (SSSR count). The van der Waals surface area contributed by atoms with Crippen molar-refractivity contribution in [3.63, 3.8) is 0 Å². The molecule has 0 aliphatic carbocycles. The smallest absolute Gasteiger partial charge is 0.186 e. The van der Waals surface area contributed by atoms with E-state index < -0.39 is 14.4 Å². The first-order valence-corrected chi connectivity index (χ1v) is 8.85. The van der Waals surface area contributed by atoms with E-state index in [9.17, 15) is 5.26 Å². The van der Waals surface area contributed by atoms with Crippen molar-refractivity contribution in [3.05, 3.63) is 18.2 Å². The average Bonchev–Trinajstić information content (AvgIpc) is 2.60. The quantitative estimate of drug-likeness (QED) is 0.757. The van der Waals surface area contributed by atoms with E-state index in [2.05, 4.69) is 44.5 Å². The van der Waals surface area contributed by atoms with Gasteiger partial charge in [0.2, 0.25) is 0 Å². The summed E-state index contributed by atoms with van der Waals surface area (Å²) < 4.78 is 7.82. The van der Waals surface area contributed by atoms with Crippen molar-refractivity contribution in [2.24, 2.45) is 0 Å². The topological polar surface area (TPSA) is 50.8 Å². The summed E-state index contributed by atoms with van der Waals surface area (Å²) in [6, 6.07) is 2.50. The highest BCUT2D eigenvalue weighted by molar-refractivity contribution is 6.69. The van der Waals surface area contributed by atoms with Crippen LogP contribution in [0.3, 0.4) is 0 Å². The molecule has 1 atom stereocenters. The van der Waals surface area contributed by atoms with E-state index in [-0.39, 0.29) is 0 Å². The molecule has 1 aromatic heterocycles. The summed E-state index contributed by atoms with van der Waals surface area (Å²) in [5.41, 5.74) is 0.847. The summed E-state index contributed by atoms with van der Waals surface area (Å²) in [5, 5.41) is 9.17. The molecule has 5 heteroatoms. The fourth-order valence-corrected chi connectivity index (χ4v) is 2.34. The van der Waals surface area contributed by atoms with Crippen LogP contribution in [0.25, 0.3) is 0 Å². The number of hydrogen-bond donors (Lipinski definition) is 0. The Morgan fingerprint density at radius 3 is 2.50 bits per heavy atom. The summed E-state index contributed by atoms with van der Waals surface area (Å²) in [6.45, 7) is 10.4. The molecule has 0 bridgehead atoms. The molecule has 1 aromatic rings. The Bertz CT molecular complexity index is 387. The van der Waals surface area contributed by atoms with Crippen molar-refractivity contribution in [2.45, 2.75) is 45.6 Å². The maximum Gasteiger partial charge on any atom is 0.186 e. The van der Waals surface area contributed by atoms with Crippen LogP contribution in [0.15, 0.2) is 12.5 Å². The van der Waals surface area contributed by atoms with Gasteiger partial charge in [-0.15, -0.1) is 0 Å². The van der Waals surface area contributed by atoms with E-state index in [4.69, 9.17) is 4.43 Å². The molecule has 0 spiro atoms. The van der Waals surface area contributed by atoms with E-state index >= 15 is 0 Å². The van der Waals surface area contributed by atoms with E-state index in [0.29, 0.717) is 6.04 Å². The van der Waals surface area contributed by atoms with E-state index in [1.807, 2.05) is 4.57 Å². The summed E-state index contributed by atoms with van der Waals surface area (Å²) >= 11 is 0. The molecule has 0 N–H and O–H groups in total. The molecule has 1 unspecified atom stereocenters. The summed E-state index contributed by atoms with van der Waals surface area (Å²) in [4.78, 5) is 4.09. The van der Waals surface area contributed by atoms with Gasteiger partial charge < -0.3 is 8.99 Å². The fraction of sp³-hybridized carbons (Fsp3) is 0.636. The number of nitriles is 1. The summed E-state index contributed by atoms with van der Waals surface area (Å²) in [5.74, 6) is 0. The highest BCUT2D eigenvalue weighted by atomic mass is 28.4.